The number of halogens is 1. The van der Waals surface area contributed by atoms with Crippen LogP contribution in [0.4, 0.5) is 5.82 Å². The molecule has 4 heteroatoms. The second kappa shape index (κ2) is 7.50. The Bertz CT molecular complexity index is 940. The van der Waals surface area contributed by atoms with Crippen LogP contribution < -0.4 is 5.73 Å². The molecule has 0 saturated carbocycles. The van der Waals surface area contributed by atoms with E-state index in [0.29, 0.717) is 5.56 Å². The van der Waals surface area contributed by atoms with Gasteiger partial charge in [-0.2, -0.15) is 5.26 Å². The molecule has 0 fully saturated rings. The van der Waals surface area contributed by atoms with Gasteiger partial charge in [0.2, 0.25) is 0 Å². The summed E-state index contributed by atoms with van der Waals surface area (Å²) in [5.74, 6) is 0.253. The molecule has 124 valence electrons. The van der Waals surface area contributed by atoms with Gasteiger partial charge in [-0.15, -0.1) is 0 Å². The van der Waals surface area contributed by atoms with Crippen LogP contribution in [0.5, 0.6) is 0 Å². The van der Waals surface area contributed by atoms with Crippen molar-refractivity contribution in [2.75, 3.05) is 5.73 Å². The van der Waals surface area contributed by atoms with Crippen molar-refractivity contribution in [1.82, 2.24) is 4.98 Å². The van der Waals surface area contributed by atoms with Crippen molar-refractivity contribution in [3.63, 3.8) is 0 Å². The molecule has 0 unspecified atom stereocenters. The second-order valence-electron chi connectivity index (χ2n) is 5.85. The second-order valence-corrected chi connectivity index (χ2v) is 6.71. The standard InChI is InChI=1S/C21H18BrN3/c1-2-5-14-8-10-15(11-9-14)20-12-17(18(13-23)21(24)25-20)16-6-3-4-7-19(16)22/h3-4,6-12H,2,5H2,1H3,(H2,24,25). The van der Waals surface area contributed by atoms with E-state index in [1.807, 2.05) is 30.3 Å². The van der Waals surface area contributed by atoms with Gasteiger partial charge >= 0.3 is 0 Å². The Hall–Kier alpha value is -2.64. The zero-order valence-electron chi connectivity index (χ0n) is 14.0. The summed E-state index contributed by atoms with van der Waals surface area (Å²) in [6.45, 7) is 2.17. The van der Waals surface area contributed by atoms with Gasteiger partial charge in [0, 0.05) is 15.6 Å². The number of benzene rings is 2. The van der Waals surface area contributed by atoms with Crippen LogP contribution in [0.3, 0.4) is 0 Å². The first kappa shape index (κ1) is 17.2. The maximum atomic E-state index is 9.52. The number of nitrogens with two attached hydrogens (primary N) is 1. The summed E-state index contributed by atoms with van der Waals surface area (Å²) < 4.78 is 0.918. The van der Waals surface area contributed by atoms with Crippen LogP contribution in [0.2, 0.25) is 0 Å². The zero-order chi connectivity index (χ0) is 17.8. The number of rotatable bonds is 4. The molecule has 0 aliphatic carbocycles. The number of nitrogen functional groups attached to an aromatic ring is 1. The molecule has 0 spiro atoms. The highest BCUT2D eigenvalue weighted by atomic mass is 79.9. The molecule has 3 aromatic rings. The van der Waals surface area contributed by atoms with Crippen molar-refractivity contribution < 1.29 is 0 Å². The number of nitriles is 1. The predicted molar refractivity (Wildman–Crippen MR) is 106 cm³/mol. The summed E-state index contributed by atoms with van der Waals surface area (Å²) >= 11 is 3.56. The number of hydrogen-bond donors (Lipinski definition) is 1. The summed E-state index contributed by atoms with van der Waals surface area (Å²) in [4.78, 5) is 4.45. The SMILES string of the molecule is CCCc1ccc(-c2cc(-c3ccccc3Br)c(C#N)c(N)n2)cc1. The van der Waals surface area contributed by atoms with E-state index in [4.69, 9.17) is 5.73 Å². The molecule has 0 aliphatic rings. The summed E-state index contributed by atoms with van der Waals surface area (Å²) in [5.41, 5.74) is 11.3. The fourth-order valence-corrected chi connectivity index (χ4v) is 3.35. The molecule has 0 bridgehead atoms. The lowest BCUT2D eigenvalue weighted by molar-refractivity contribution is 0.922. The highest BCUT2D eigenvalue weighted by molar-refractivity contribution is 9.10. The number of aryl methyl sites for hydroxylation is 1. The van der Waals surface area contributed by atoms with E-state index in [1.54, 1.807) is 0 Å². The van der Waals surface area contributed by atoms with Gasteiger partial charge in [-0.25, -0.2) is 4.98 Å². The molecule has 0 atom stereocenters. The summed E-state index contributed by atoms with van der Waals surface area (Å²) in [6, 6.07) is 20.3. The van der Waals surface area contributed by atoms with Gasteiger partial charge < -0.3 is 5.73 Å². The van der Waals surface area contributed by atoms with Crippen molar-refractivity contribution in [3.8, 4) is 28.5 Å². The van der Waals surface area contributed by atoms with Gasteiger partial charge in [-0.1, -0.05) is 71.7 Å². The van der Waals surface area contributed by atoms with Crippen molar-refractivity contribution in [1.29, 1.82) is 5.26 Å². The average Bonchev–Trinajstić information content (AvgIpc) is 2.62. The largest absolute Gasteiger partial charge is 0.383 e. The molecule has 25 heavy (non-hydrogen) atoms. The van der Waals surface area contributed by atoms with Crippen LogP contribution >= 0.6 is 15.9 Å². The molecule has 2 aromatic carbocycles. The molecule has 0 radical (unpaired) electrons. The molecule has 3 nitrogen and oxygen atoms in total. The van der Waals surface area contributed by atoms with Crippen LogP contribution in [0, 0.1) is 11.3 Å². The van der Waals surface area contributed by atoms with Gasteiger partial charge in [0.25, 0.3) is 0 Å². The van der Waals surface area contributed by atoms with E-state index in [9.17, 15) is 5.26 Å². The molecule has 0 amide bonds. The smallest absolute Gasteiger partial charge is 0.142 e. The number of aromatic nitrogens is 1. The van der Waals surface area contributed by atoms with E-state index >= 15 is 0 Å². The summed E-state index contributed by atoms with van der Waals surface area (Å²) in [6.07, 6.45) is 2.18. The topological polar surface area (TPSA) is 62.7 Å². The lowest BCUT2D eigenvalue weighted by Crippen LogP contribution is -2.00. The Morgan fingerprint density at radius 3 is 2.44 bits per heavy atom. The van der Waals surface area contributed by atoms with Crippen LogP contribution in [-0.2, 0) is 6.42 Å². The average molecular weight is 392 g/mol. The highest BCUT2D eigenvalue weighted by Crippen LogP contribution is 2.35. The number of anilines is 1. The first-order chi connectivity index (χ1) is 12.1. The third-order valence-corrected chi connectivity index (χ3v) is 4.80. The number of nitrogens with zero attached hydrogens (tertiary/aromatic N) is 2. The fourth-order valence-electron chi connectivity index (χ4n) is 2.85. The molecule has 0 saturated heterocycles. The lowest BCUT2D eigenvalue weighted by atomic mass is 9.98. The predicted octanol–water partition coefficient (Wildman–Crippen LogP) is 5.58. The molecule has 2 N–H and O–H groups in total. The molecule has 1 aromatic heterocycles. The normalized spacial score (nSPS) is 10.4. The van der Waals surface area contributed by atoms with E-state index in [-0.39, 0.29) is 5.82 Å². The van der Waals surface area contributed by atoms with Gasteiger partial charge in [0.15, 0.2) is 0 Å². The van der Waals surface area contributed by atoms with Gasteiger partial charge in [-0.05, 0) is 29.7 Å². The maximum absolute atomic E-state index is 9.52. The molecular weight excluding hydrogens is 374 g/mol. The summed E-state index contributed by atoms with van der Waals surface area (Å²) in [5, 5.41) is 9.52. The Labute approximate surface area is 156 Å². The first-order valence-electron chi connectivity index (χ1n) is 8.19. The monoisotopic (exact) mass is 391 g/mol. The number of pyridine rings is 1. The zero-order valence-corrected chi connectivity index (χ0v) is 15.5. The Kier molecular flexibility index (Phi) is 5.16. The summed E-state index contributed by atoms with van der Waals surface area (Å²) in [7, 11) is 0. The van der Waals surface area contributed by atoms with Crippen molar-refractivity contribution in [2.45, 2.75) is 19.8 Å². The van der Waals surface area contributed by atoms with Gasteiger partial charge in [-0.3, -0.25) is 0 Å². The van der Waals surface area contributed by atoms with Gasteiger partial charge in [0.1, 0.15) is 17.5 Å². The maximum Gasteiger partial charge on any atom is 0.142 e. The van der Waals surface area contributed by atoms with Crippen LogP contribution in [0.25, 0.3) is 22.4 Å². The first-order valence-corrected chi connectivity index (χ1v) is 8.98. The van der Waals surface area contributed by atoms with Gasteiger partial charge in [0.05, 0.1) is 5.69 Å². The molecule has 1 heterocycles. The lowest BCUT2D eigenvalue weighted by Gasteiger charge is -2.12. The Balaban J connectivity index is 2.14. The quantitative estimate of drug-likeness (QED) is 0.630. The third kappa shape index (κ3) is 3.57. The van der Waals surface area contributed by atoms with Crippen LogP contribution in [0.15, 0.2) is 59.1 Å². The minimum Gasteiger partial charge on any atom is -0.383 e. The van der Waals surface area contributed by atoms with Crippen LogP contribution in [-0.4, -0.2) is 4.98 Å². The molecule has 3 rings (SSSR count). The van der Waals surface area contributed by atoms with Crippen molar-refractivity contribution >= 4 is 21.7 Å². The molecular formula is C21H18BrN3. The minimum atomic E-state index is 0.253. The van der Waals surface area contributed by atoms with Crippen molar-refractivity contribution in [3.05, 3.63) is 70.2 Å². The minimum absolute atomic E-state index is 0.253. The van der Waals surface area contributed by atoms with E-state index in [2.05, 4.69) is 58.2 Å². The van der Waals surface area contributed by atoms with E-state index in [0.717, 1.165) is 39.7 Å². The van der Waals surface area contributed by atoms with Crippen LogP contribution in [0.1, 0.15) is 24.5 Å². The van der Waals surface area contributed by atoms with E-state index < -0.39 is 0 Å². The fraction of sp³-hybridized carbons (Fsp3) is 0.143. The third-order valence-electron chi connectivity index (χ3n) is 4.11. The Morgan fingerprint density at radius 1 is 1.08 bits per heavy atom. The van der Waals surface area contributed by atoms with Crippen molar-refractivity contribution in [2.24, 2.45) is 0 Å². The van der Waals surface area contributed by atoms with E-state index in [1.165, 1.54) is 5.56 Å². The highest BCUT2D eigenvalue weighted by Gasteiger charge is 2.15. The number of hydrogen-bond acceptors (Lipinski definition) is 3. The molecule has 0 aliphatic heterocycles. The Morgan fingerprint density at radius 2 is 1.80 bits per heavy atom.